The van der Waals surface area contributed by atoms with Crippen molar-refractivity contribution < 1.29 is 9.59 Å². The minimum Gasteiger partial charge on any atom is -0.340 e. The van der Waals surface area contributed by atoms with Gasteiger partial charge in [0.25, 0.3) is 0 Å². The van der Waals surface area contributed by atoms with Crippen LogP contribution in [0.1, 0.15) is 52.9 Å². The topological polar surface area (TPSA) is 49.4 Å². The zero-order chi connectivity index (χ0) is 14.9. The van der Waals surface area contributed by atoms with Gasteiger partial charge in [-0.25, -0.2) is 0 Å². The molecule has 1 N–H and O–H groups in total. The van der Waals surface area contributed by atoms with Crippen LogP contribution in [0.15, 0.2) is 0 Å². The van der Waals surface area contributed by atoms with Gasteiger partial charge in [-0.1, -0.05) is 13.3 Å². The summed E-state index contributed by atoms with van der Waals surface area (Å²) >= 11 is 1.89. The first-order valence-electron chi connectivity index (χ1n) is 7.58. The number of nitrogens with zero attached hydrogens (tertiary/aromatic N) is 1. The molecule has 1 aliphatic heterocycles. The summed E-state index contributed by atoms with van der Waals surface area (Å²) in [4.78, 5) is 26.9. The molecule has 2 rings (SSSR count). The van der Waals surface area contributed by atoms with Crippen LogP contribution in [0.25, 0.3) is 0 Å². The van der Waals surface area contributed by atoms with Crippen LogP contribution in [-0.4, -0.2) is 45.8 Å². The van der Waals surface area contributed by atoms with Crippen molar-refractivity contribution in [3.05, 3.63) is 0 Å². The van der Waals surface area contributed by atoms with E-state index in [1.54, 1.807) is 13.8 Å². The molecule has 1 saturated carbocycles. The normalized spacial score (nSPS) is 34.0. The first-order chi connectivity index (χ1) is 9.40. The van der Waals surface area contributed by atoms with Gasteiger partial charge in [0.15, 0.2) is 0 Å². The molecular formula is C15H26N2O2S. The predicted molar refractivity (Wildman–Crippen MR) is 82.7 cm³/mol. The van der Waals surface area contributed by atoms with Crippen LogP contribution < -0.4 is 5.32 Å². The number of hydrogen-bond donors (Lipinski definition) is 1. The highest BCUT2D eigenvalue weighted by Crippen LogP contribution is 2.33. The average molecular weight is 298 g/mol. The van der Waals surface area contributed by atoms with E-state index in [2.05, 4.69) is 11.6 Å². The summed E-state index contributed by atoms with van der Waals surface area (Å²) in [5.41, 5.74) is -0.769. The highest BCUT2D eigenvalue weighted by molar-refractivity contribution is 7.99. The largest absolute Gasteiger partial charge is 0.340 e. The lowest BCUT2D eigenvalue weighted by Gasteiger charge is -2.48. The molecule has 1 aliphatic carbocycles. The molecule has 4 nitrogen and oxygen atoms in total. The summed E-state index contributed by atoms with van der Waals surface area (Å²) in [6.45, 7) is 5.60. The van der Waals surface area contributed by atoms with Gasteiger partial charge in [0.1, 0.15) is 11.6 Å². The second kappa shape index (κ2) is 5.96. The SMILES string of the molecule is CCC1C(=O)NC(C)(C)C(=O)N1C1CCCC(SC)C1. The molecule has 0 radical (unpaired) electrons. The first-order valence-corrected chi connectivity index (χ1v) is 8.87. The Kier molecular flexibility index (Phi) is 4.67. The Morgan fingerprint density at radius 3 is 2.65 bits per heavy atom. The standard InChI is InChI=1S/C15H26N2O2S/c1-5-12-13(18)16-15(2,3)14(19)17(12)10-7-6-8-11(9-10)20-4/h10-12H,5-9H2,1-4H3,(H,16,18). The smallest absolute Gasteiger partial charge is 0.248 e. The molecule has 2 aliphatic rings. The van der Waals surface area contributed by atoms with E-state index in [1.807, 2.05) is 23.6 Å². The summed E-state index contributed by atoms with van der Waals surface area (Å²) in [5, 5.41) is 3.48. The fourth-order valence-corrected chi connectivity index (χ4v) is 4.24. The van der Waals surface area contributed by atoms with Crippen molar-refractivity contribution in [1.29, 1.82) is 0 Å². The van der Waals surface area contributed by atoms with Crippen molar-refractivity contribution in [1.82, 2.24) is 10.2 Å². The van der Waals surface area contributed by atoms with Crippen LogP contribution in [0.5, 0.6) is 0 Å². The Balaban J connectivity index is 2.24. The molecule has 0 aromatic heterocycles. The third kappa shape index (κ3) is 2.83. The Bertz CT molecular complexity index is 397. The summed E-state index contributed by atoms with van der Waals surface area (Å²) in [7, 11) is 0. The molecule has 0 spiro atoms. The summed E-state index contributed by atoms with van der Waals surface area (Å²) < 4.78 is 0. The number of nitrogens with one attached hydrogen (secondary N) is 1. The highest BCUT2D eigenvalue weighted by Gasteiger charge is 2.47. The lowest BCUT2D eigenvalue weighted by Crippen LogP contribution is -2.70. The van der Waals surface area contributed by atoms with Gasteiger partial charge in [0.05, 0.1) is 0 Å². The van der Waals surface area contributed by atoms with Crippen molar-refractivity contribution in [2.75, 3.05) is 6.26 Å². The zero-order valence-corrected chi connectivity index (χ0v) is 13.8. The van der Waals surface area contributed by atoms with E-state index in [1.165, 1.54) is 6.42 Å². The van der Waals surface area contributed by atoms with Crippen molar-refractivity contribution in [3.8, 4) is 0 Å². The minimum atomic E-state index is -0.769. The molecule has 3 unspecified atom stereocenters. The van der Waals surface area contributed by atoms with Gasteiger partial charge >= 0.3 is 0 Å². The molecule has 2 amide bonds. The number of amides is 2. The Labute approximate surface area is 126 Å². The quantitative estimate of drug-likeness (QED) is 0.869. The van der Waals surface area contributed by atoms with Crippen LogP contribution in [0.4, 0.5) is 0 Å². The molecule has 5 heteroatoms. The van der Waals surface area contributed by atoms with Crippen LogP contribution in [0.2, 0.25) is 0 Å². The maximum Gasteiger partial charge on any atom is 0.248 e. The zero-order valence-electron chi connectivity index (χ0n) is 12.9. The van der Waals surface area contributed by atoms with Gasteiger partial charge in [-0.2, -0.15) is 11.8 Å². The van der Waals surface area contributed by atoms with Crippen LogP contribution >= 0.6 is 11.8 Å². The maximum absolute atomic E-state index is 12.8. The Morgan fingerprint density at radius 1 is 1.35 bits per heavy atom. The van der Waals surface area contributed by atoms with Gasteiger partial charge in [-0.15, -0.1) is 0 Å². The average Bonchev–Trinajstić information content (AvgIpc) is 2.42. The van der Waals surface area contributed by atoms with Crippen LogP contribution in [0.3, 0.4) is 0 Å². The van der Waals surface area contributed by atoms with Gasteiger partial charge in [0.2, 0.25) is 11.8 Å². The monoisotopic (exact) mass is 298 g/mol. The lowest BCUT2D eigenvalue weighted by molar-refractivity contribution is -0.157. The van der Waals surface area contributed by atoms with Gasteiger partial charge < -0.3 is 10.2 Å². The maximum atomic E-state index is 12.8. The van der Waals surface area contributed by atoms with E-state index in [4.69, 9.17) is 0 Å². The van der Waals surface area contributed by atoms with Crippen LogP contribution in [0, 0.1) is 0 Å². The second-order valence-corrected chi connectivity index (χ2v) is 7.57. The van der Waals surface area contributed by atoms with E-state index in [-0.39, 0.29) is 23.9 Å². The Hall–Kier alpha value is -0.710. The molecule has 114 valence electrons. The molecule has 1 saturated heterocycles. The number of thioether (sulfide) groups is 1. The fraction of sp³-hybridized carbons (Fsp3) is 0.867. The van der Waals surface area contributed by atoms with E-state index in [0.717, 1.165) is 19.3 Å². The molecule has 0 aromatic carbocycles. The highest BCUT2D eigenvalue weighted by atomic mass is 32.2. The van der Waals surface area contributed by atoms with Crippen LogP contribution in [-0.2, 0) is 9.59 Å². The van der Waals surface area contributed by atoms with E-state index < -0.39 is 5.54 Å². The van der Waals surface area contributed by atoms with Gasteiger partial charge in [0, 0.05) is 11.3 Å². The Morgan fingerprint density at radius 2 is 2.05 bits per heavy atom. The van der Waals surface area contributed by atoms with E-state index in [9.17, 15) is 9.59 Å². The van der Waals surface area contributed by atoms with E-state index in [0.29, 0.717) is 11.7 Å². The molecule has 3 atom stereocenters. The fourth-order valence-electron chi connectivity index (χ4n) is 3.42. The predicted octanol–water partition coefficient (Wildman–Crippen LogP) is 2.18. The van der Waals surface area contributed by atoms with Crippen molar-refractivity contribution in [2.45, 2.75) is 75.7 Å². The number of hydrogen-bond acceptors (Lipinski definition) is 3. The van der Waals surface area contributed by atoms with E-state index >= 15 is 0 Å². The van der Waals surface area contributed by atoms with Crippen molar-refractivity contribution in [3.63, 3.8) is 0 Å². The third-order valence-corrected chi connectivity index (χ3v) is 5.65. The third-order valence-electron chi connectivity index (χ3n) is 4.56. The number of carbonyl (C=O) groups excluding carboxylic acids is 2. The summed E-state index contributed by atoms with van der Waals surface area (Å²) in [5.74, 6) is 0.0825. The number of rotatable bonds is 3. The number of carbonyl (C=O) groups is 2. The molecule has 0 aromatic rings. The summed E-state index contributed by atoms with van der Waals surface area (Å²) in [6, 6.07) is -0.0647. The van der Waals surface area contributed by atoms with Gasteiger partial charge in [-0.3, -0.25) is 9.59 Å². The molecule has 2 fully saturated rings. The first kappa shape index (κ1) is 15.7. The summed E-state index contributed by atoms with van der Waals surface area (Å²) in [6.07, 6.45) is 7.26. The second-order valence-electron chi connectivity index (χ2n) is 6.43. The molecular weight excluding hydrogens is 272 g/mol. The van der Waals surface area contributed by atoms with Gasteiger partial charge in [-0.05, 0) is 45.8 Å². The molecule has 20 heavy (non-hydrogen) atoms. The van der Waals surface area contributed by atoms with Crippen molar-refractivity contribution >= 4 is 23.6 Å². The van der Waals surface area contributed by atoms with Crippen molar-refractivity contribution in [2.24, 2.45) is 0 Å². The molecule has 0 bridgehead atoms. The molecule has 1 heterocycles. The minimum absolute atomic E-state index is 0.00313. The lowest BCUT2D eigenvalue weighted by atomic mass is 9.88. The number of piperazine rings is 1.